The number of carbonyl (C=O) groups is 1. The SMILES string of the molecule is COC1C=CC2=C3C=C4CCCCC4(NC3=O)C2C1. The number of amides is 1. The van der Waals surface area contributed by atoms with Crippen LogP contribution in [0.3, 0.4) is 0 Å². The third-order valence-corrected chi connectivity index (χ3v) is 5.28. The fraction of sp³-hybridized carbons (Fsp3) is 0.562. The van der Waals surface area contributed by atoms with Gasteiger partial charge in [0.25, 0.3) is 5.91 Å². The largest absolute Gasteiger partial charge is 0.377 e. The van der Waals surface area contributed by atoms with Gasteiger partial charge in [-0.1, -0.05) is 18.6 Å². The van der Waals surface area contributed by atoms with Gasteiger partial charge in [0.1, 0.15) is 0 Å². The Bertz CT molecular complexity index is 543. The number of hydrogen-bond acceptors (Lipinski definition) is 2. The van der Waals surface area contributed by atoms with E-state index in [1.807, 2.05) is 0 Å². The zero-order valence-corrected chi connectivity index (χ0v) is 11.2. The second-order valence-corrected chi connectivity index (χ2v) is 6.09. The molecule has 19 heavy (non-hydrogen) atoms. The standard InChI is InChI=1S/C16H19NO2/c1-19-11-5-6-12-13-8-10-4-2-3-7-16(10,14(12)9-11)17-15(13)18/h5-6,8,11,14H,2-4,7,9H2,1H3,(H,17,18). The maximum Gasteiger partial charge on any atom is 0.252 e. The summed E-state index contributed by atoms with van der Waals surface area (Å²) in [5.41, 5.74) is 3.48. The molecule has 5 rings (SSSR count). The van der Waals surface area contributed by atoms with Gasteiger partial charge in [0.05, 0.1) is 11.6 Å². The van der Waals surface area contributed by atoms with Crippen LogP contribution in [0.2, 0.25) is 0 Å². The summed E-state index contributed by atoms with van der Waals surface area (Å²) < 4.78 is 5.51. The van der Waals surface area contributed by atoms with Crippen molar-refractivity contribution in [3.63, 3.8) is 0 Å². The lowest BCUT2D eigenvalue weighted by atomic mass is 9.58. The molecule has 2 heterocycles. The lowest BCUT2D eigenvalue weighted by molar-refractivity contribution is -0.121. The molecule has 0 saturated heterocycles. The van der Waals surface area contributed by atoms with E-state index in [0.717, 1.165) is 24.8 Å². The summed E-state index contributed by atoms with van der Waals surface area (Å²) in [6.45, 7) is 0. The van der Waals surface area contributed by atoms with Crippen LogP contribution >= 0.6 is 0 Å². The van der Waals surface area contributed by atoms with Gasteiger partial charge in [0.2, 0.25) is 0 Å². The molecule has 1 spiro atoms. The molecule has 3 heteroatoms. The first kappa shape index (κ1) is 11.5. The Balaban J connectivity index is 1.88. The average molecular weight is 257 g/mol. The van der Waals surface area contributed by atoms with Crippen molar-refractivity contribution in [2.24, 2.45) is 5.92 Å². The van der Waals surface area contributed by atoms with Crippen molar-refractivity contribution in [3.05, 3.63) is 34.9 Å². The quantitative estimate of drug-likeness (QED) is 0.782. The molecule has 0 aromatic carbocycles. The first-order chi connectivity index (χ1) is 9.24. The Morgan fingerprint density at radius 3 is 3.16 bits per heavy atom. The molecule has 0 radical (unpaired) electrons. The van der Waals surface area contributed by atoms with Crippen LogP contribution in [0, 0.1) is 5.92 Å². The summed E-state index contributed by atoms with van der Waals surface area (Å²) in [5, 5.41) is 3.32. The van der Waals surface area contributed by atoms with Crippen molar-refractivity contribution < 1.29 is 9.53 Å². The van der Waals surface area contributed by atoms with Crippen LogP contribution in [-0.2, 0) is 9.53 Å². The summed E-state index contributed by atoms with van der Waals surface area (Å²) in [4.78, 5) is 12.2. The second kappa shape index (κ2) is 3.83. The maximum atomic E-state index is 12.2. The zero-order valence-electron chi connectivity index (χ0n) is 11.2. The van der Waals surface area contributed by atoms with Gasteiger partial charge < -0.3 is 10.1 Å². The Labute approximate surface area is 113 Å². The van der Waals surface area contributed by atoms with Crippen molar-refractivity contribution in [1.82, 2.24) is 5.32 Å². The fourth-order valence-electron chi connectivity index (χ4n) is 4.34. The van der Waals surface area contributed by atoms with Gasteiger partial charge in [-0.05, 0) is 42.9 Å². The summed E-state index contributed by atoms with van der Waals surface area (Å²) in [7, 11) is 1.77. The second-order valence-electron chi connectivity index (χ2n) is 6.09. The Morgan fingerprint density at radius 1 is 1.42 bits per heavy atom. The third kappa shape index (κ3) is 1.39. The molecular formula is C16H19NO2. The van der Waals surface area contributed by atoms with Crippen molar-refractivity contribution in [2.75, 3.05) is 7.11 Å². The monoisotopic (exact) mass is 257 g/mol. The predicted molar refractivity (Wildman–Crippen MR) is 72.5 cm³/mol. The lowest BCUT2D eigenvalue weighted by Crippen LogP contribution is -2.63. The molecule has 5 aliphatic rings. The normalized spacial score (nSPS) is 39.6. The predicted octanol–water partition coefficient (Wildman–Crippen LogP) is 2.26. The molecule has 0 aromatic rings. The van der Waals surface area contributed by atoms with Crippen LogP contribution in [0.15, 0.2) is 34.9 Å². The molecule has 0 aromatic heterocycles. The minimum atomic E-state index is -0.103. The number of fused-ring (bicyclic) bond motifs is 1. The third-order valence-electron chi connectivity index (χ3n) is 5.28. The van der Waals surface area contributed by atoms with Crippen LogP contribution in [-0.4, -0.2) is 24.7 Å². The van der Waals surface area contributed by atoms with E-state index >= 15 is 0 Å². The number of nitrogens with one attached hydrogen (secondary N) is 1. The fourth-order valence-corrected chi connectivity index (χ4v) is 4.34. The average Bonchev–Trinajstić information content (AvgIpc) is 2.46. The topological polar surface area (TPSA) is 38.3 Å². The summed E-state index contributed by atoms with van der Waals surface area (Å²) in [5.74, 6) is 0.535. The van der Waals surface area contributed by atoms with Crippen molar-refractivity contribution in [1.29, 1.82) is 0 Å². The highest BCUT2D eigenvalue weighted by molar-refractivity contribution is 6.02. The van der Waals surface area contributed by atoms with Crippen LogP contribution in [0.5, 0.6) is 0 Å². The van der Waals surface area contributed by atoms with Crippen LogP contribution in [0.4, 0.5) is 0 Å². The highest BCUT2D eigenvalue weighted by atomic mass is 16.5. The molecule has 3 nitrogen and oxygen atoms in total. The van der Waals surface area contributed by atoms with Crippen LogP contribution in [0.25, 0.3) is 0 Å². The number of carbonyl (C=O) groups excluding carboxylic acids is 1. The molecule has 3 unspecified atom stereocenters. The van der Waals surface area contributed by atoms with Gasteiger partial charge in [-0.3, -0.25) is 4.79 Å². The van der Waals surface area contributed by atoms with Gasteiger partial charge in [-0.15, -0.1) is 0 Å². The molecule has 2 aliphatic heterocycles. The molecule has 100 valence electrons. The minimum Gasteiger partial charge on any atom is -0.377 e. The van der Waals surface area contributed by atoms with Crippen molar-refractivity contribution >= 4 is 5.91 Å². The van der Waals surface area contributed by atoms with E-state index in [9.17, 15) is 4.79 Å². The van der Waals surface area contributed by atoms with E-state index in [4.69, 9.17) is 4.74 Å². The number of rotatable bonds is 1. The minimum absolute atomic E-state index is 0.103. The van der Waals surface area contributed by atoms with Crippen molar-refractivity contribution in [3.8, 4) is 0 Å². The Morgan fingerprint density at radius 2 is 2.32 bits per heavy atom. The van der Waals surface area contributed by atoms with Gasteiger partial charge in [0.15, 0.2) is 0 Å². The van der Waals surface area contributed by atoms with Gasteiger partial charge >= 0.3 is 0 Å². The molecule has 3 atom stereocenters. The summed E-state index contributed by atoms with van der Waals surface area (Å²) in [6, 6.07) is 0. The molecule has 2 bridgehead atoms. The molecule has 1 amide bonds. The molecule has 1 N–H and O–H groups in total. The molecule has 3 aliphatic carbocycles. The lowest BCUT2D eigenvalue weighted by Gasteiger charge is -2.54. The first-order valence-electron chi connectivity index (χ1n) is 7.23. The Hall–Kier alpha value is -1.35. The zero-order chi connectivity index (χ0) is 13.0. The van der Waals surface area contributed by atoms with E-state index in [1.54, 1.807) is 7.11 Å². The molecular weight excluding hydrogens is 238 g/mol. The molecule has 1 fully saturated rings. The first-order valence-corrected chi connectivity index (χ1v) is 7.23. The number of hydrogen-bond donors (Lipinski definition) is 1. The van der Waals surface area contributed by atoms with E-state index in [0.29, 0.717) is 5.92 Å². The van der Waals surface area contributed by atoms with E-state index in [2.05, 4.69) is 23.5 Å². The molecule has 1 saturated carbocycles. The van der Waals surface area contributed by atoms with Crippen molar-refractivity contribution in [2.45, 2.75) is 43.7 Å². The van der Waals surface area contributed by atoms with E-state index in [-0.39, 0.29) is 17.6 Å². The Kier molecular flexibility index (Phi) is 2.31. The van der Waals surface area contributed by atoms with Gasteiger partial charge in [-0.25, -0.2) is 0 Å². The summed E-state index contributed by atoms with van der Waals surface area (Å²) >= 11 is 0. The number of ether oxygens (including phenoxy) is 1. The van der Waals surface area contributed by atoms with E-state index in [1.165, 1.54) is 24.0 Å². The number of allylic oxidation sites excluding steroid dienone is 1. The van der Waals surface area contributed by atoms with Crippen LogP contribution in [0.1, 0.15) is 32.1 Å². The number of methoxy groups -OCH3 is 1. The smallest absolute Gasteiger partial charge is 0.252 e. The van der Waals surface area contributed by atoms with Gasteiger partial charge in [0, 0.05) is 18.6 Å². The van der Waals surface area contributed by atoms with Crippen LogP contribution < -0.4 is 5.32 Å². The highest BCUT2D eigenvalue weighted by Crippen LogP contribution is 2.52. The summed E-state index contributed by atoms with van der Waals surface area (Å²) in [6.07, 6.45) is 12.2. The van der Waals surface area contributed by atoms with Gasteiger partial charge in [-0.2, -0.15) is 0 Å². The maximum absolute atomic E-state index is 12.2. The van der Waals surface area contributed by atoms with E-state index < -0.39 is 0 Å². The highest BCUT2D eigenvalue weighted by Gasteiger charge is 2.53.